The van der Waals surface area contributed by atoms with Gasteiger partial charge in [-0.2, -0.15) is 0 Å². The van der Waals surface area contributed by atoms with Crippen LogP contribution in [0.5, 0.6) is 0 Å². The minimum atomic E-state index is -0.397. The lowest BCUT2D eigenvalue weighted by Crippen LogP contribution is -2.26. The Bertz CT molecular complexity index is 1190. The Morgan fingerprint density at radius 3 is 1.00 bits per heavy atom. The van der Waals surface area contributed by atoms with E-state index in [4.69, 9.17) is 0 Å². The predicted molar refractivity (Wildman–Crippen MR) is 143 cm³/mol. The van der Waals surface area contributed by atoms with Gasteiger partial charge in [-0.15, -0.1) is 0 Å². The van der Waals surface area contributed by atoms with Crippen molar-refractivity contribution < 1.29 is 9.59 Å². The molecular formula is C32H38O2. The molecule has 0 aliphatic heterocycles. The Hall–Kier alpha value is -3.00. The summed E-state index contributed by atoms with van der Waals surface area (Å²) in [6, 6.07) is 10.3. The van der Waals surface area contributed by atoms with Crippen LogP contribution in [0.4, 0.5) is 0 Å². The fourth-order valence-corrected chi connectivity index (χ4v) is 5.65. The molecule has 0 N–H and O–H groups in total. The van der Waals surface area contributed by atoms with Crippen LogP contribution in [0.25, 0.3) is 0 Å². The van der Waals surface area contributed by atoms with E-state index in [1.165, 1.54) is 0 Å². The highest BCUT2D eigenvalue weighted by Crippen LogP contribution is 2.37. The van der Waals surface area contributed by atoms with Crippen molar-refractivity contribution in [1.82, 2.24) is 0 Å². The molecule has 2 nitrogen and oxygen atoms in total. The van der Waals surface area contributed by atoms with Gasteiger partial charge >= 0.3 is 0 Å². The molecule has 3 aromatic rings. The van der Waals surface area contributed by atoms with Crippen molar-refractivity contribution in [2.24, 2.45) is 0 Å². The first kappa shape index (κ1) is 25.6. The van der Waals surface area contributed by atoms with E-state index < -0.39 is 5.41 Å². The van der Waals surface area contributed by atoms with Crippen molar-refractivity contribution in [3.63, 3.8) is 0 Å². The van der Waals surface area contributed by atoms with Gasteiger partial charge in [-0.1, -0.05) is 62.2 Å². The summed E-state index contributed by atoms with van der Waals surface area (Å²) in [5, 5.41) is 0. The summed E-state index contributed by atoms with van der Waals surface area (Å²) in [6.45, 7) is 22.4. The van der Waals surface area contributed by atoms with E-state index in [1.54, 1.807) is 0 Å². The number of ketones is 2. The third-order valence-corrected chi connectivity index (χ3v) is 6.73. The molecule has 178 valence electrons. The number of rotatable bonds is 4. The number of aryl methyl sites for hydroxylation is 8. The van der Waals surface area contributed by atoms with Gasteiger partial charge in [0.25, 0.3) is 0 Å². The Morgan fingerprint density at radius 2 is 0.735 bits per heavy atom. The molecule has 0 amide bonds. The molecule has 0 fully saturated rings. The van der Waals surface area contributed by atoms with Crippen LogP contribution in [0.2, 0.25) is 0 Å². The zero-order valence-electron chi connectivity index (χ0n) is 22.7. The SMILES string of the molecule is Cc1cc(C)c(C(=O)c2c(C)cc(C)c(C(=O)c3c(C)cc(C)cc3C)c2C(C)(C)C)c(C)c1. The van der Waals surface area contributed by atoms with Crippen molar-refractivity contribution in [3.05, 3.63) is 103 Å². The molecular weight excluding hydrogens is 416 g/mol. The van der Waals surface area contributed by atoms with E-state index in [2.05, 4.69) is 58.9 Å². The molecule has 3 rings (SSSR count). The van der Waals surface area contributed by atoms with Crippen LogP contribution >= 0.6 is 0 Å². The van der Waals surface area contributed by atoms with Crippen molar-refractivity contribution in [2.75, 3.05) is 0 Å². The minimum absolute atomic E-state index is 0.00354. The summed E-state index contributed by atoms with van der Waals surface area (Å²) in [6.07, 6.45) is 0. The monoisotopic (exact) mass is 454 g/mol. The molecule has 0 radical (unpaired) electrons. The van der Waals surface area contributed by atoms with Gasteiger partial charge in [0, 0.05) is 22.3 Å². The molecule has 0 aliphatic rings. The van der Waals surface area contributed by atoms with Crippen molar-refractivity contribution >= 4 is 11.6 Å². The largest absolute Gasteiger partial charge is 0.289 e. The van der Waals surface area contributed by atoms with Crippen LogP contribution in [-0.2, 0) is 5.41 Å². The number of carbonyl (C=O) groups excluding carboxylic acids is 2. The molecule has 3 aromatic carbocycles. The normalized spacial score (nSPS) is 11.6. The Balaban J connectivity index is 2.41. The minimum Gasteiger partial charge on any atom is -0.289 e. The van der Waals surface area contributed by atoms with Crippen LogP contribution in [0.15, 0.2) is 30.3 Å². The lowest BCUT2D eigenvalue weighted by atomic mass is 9.73. The molecule has 0 aliphatic carbocycles. The van der Waals surface area contributed by atoms with Crippen LogP contribution in [0.3, 0.4) is 0 Å². The molecule has 0 aromatic heterocycles. The van der Waals surface area contributed by atoms with Gasteiger partial charge in [0.2, 0.25) is 0 Å². The molecule has 0 bridgehead atoms. The van der Waals surface area contributed by atoms with Crippen molar-refractivity contribution in [1.29, 1.82) is 0 Å². The number of hydrogen-bond donors (Lipinski definition) is 0. The predicted octanol–water partition coefficient (Wildman–Crippen LogP) is 7.91. The average molecular weight is 455 g/mol. The fourth-order valence-electron chi connectivity index (χ4n) is 5.65. The zero-order valence-corrected chi connectivity index (χ0v) is 22.7. The fraction of sp³-hybridized carbons (Fsp3) is 0.375. The Morgan fingerprint density at radius 1 is 0.471 bits per heavy atom. The van der Waals surface area contributed by atoms with Crippen LogP contribution in [0, 0.1) is 55.4 Å². The first-order chi connectivity index (χ1) is 15.6. The Kier molecular flexibility index (Phi) is 6.77. The van der Waals surface area contributed by atoms with E-state index >= 15 is 0 Å². The summed E-state index contributed by atoms with van der Waals surface area (Å²) in [7, 11) is 0. The maximum Gasteiger partial charge on any atom is 0.194 e. The second-order valence-corrected chi connectivity index (χ2v) is 11.1. The van der Waals surface area contributed by atoms with Gasteiger partial charge in [0.15, 0.2) is 11.6 Å². The third-order valence-electron chi connectivity index (χ3n) is 6.73. The average Bonchev–Trinajstić information content (AvgIpc) is 2.64. The molecule has 2 heteroatoms. The van der Waals surface area contributed by atoms with Gasteiger partial charge in [0.05, 0.1) is 0 Å². The maximum atomic E-state index is 14.2. The summed E-state index contributed by atoms with van der Waals surface area (Å²) in [4.78, 5) is 28.4. The van der Waals surface area contributed by atoms with Gasteiger partial charge in [-0.05, 0) is 99.7 Å². The number of benzene rings is 3. The summed E-state index contributed by atoms with van der Waals surface area (Å²) in [5.41, 5.74) is 11.3. The molecule has 0 unspecified atom stereocenters. The van der Waals surface area contributed by atoms with E-state index in [9.17, 15) is 9.59 Å². The van der Waals surface area contributed by atoms with E-state index in [0.29, 0.717) is 11.1 Å². The molecule has 0 heterocycles. The van der Waals surface area contributed by atoms with E-state index in [1.807, 2.05) is 47.6 Å². The second kappa shape index (κ2) is 8.98. The smallest absolute Gasteiger partial charge is 0.194 e. The van der Waals surface area contributed by atoms with Gasteiger partial charge in [-0.25, -0.2) is 0 Å². The van der Waals surface area contributed by atoms with Crippen LogP contribution < -0.4 is 0 Å². The van der Waals surface area contributed by atoms with Gasteiger partial charge < -0.3 is 0 Å². The first-order valence-electron chi connectivity index (χ1n) is 12.0. The zero-order chi connectivity index (χ0) is 25.7. The summed E-state index contributed by atoms with van der Waals surface area (Å²) < 4.78 is 0. The van der Waals surface area contributed by atoms with Crippen LogP contribution in [0.1, 0.15) is 103 Å². The highest BCUT2D eigenvalue weighted by Gasteiger charge is 2.33. The second-order valence-electron chi connectivity index (χ2n) is 11.1. The number of hydrogen-bond acceptors (Lipinski definition) is 2. The third kappa shape index (κ3) is 4.51. The quantitative estimate of drug-likeness (QED) is 0.375. The molecule has 34 heavy (non-hydrogen) atoms. The van der Waals surface area contributed by atoms with E-state index in [-0.39, 0.29) is 11.6 Å². The van der Waals surface area contributed by atoms with Crippen molar-refractivity contribution in [3.8, 4) is 0 Å². The highest BCUT2D eigenvalue weighted by molar-refractivity contribution is 6.18. The maximum absolute atomic E-state index is 14.2. The lowest BCUT2D eigenvalue weighted by molar-refractivity contribution is 0.103. The summed E-state index contributed by atoms with van der Waals surface area (Å²) >= 11 is 0. The standard InChI is InChI=1S/C32H38O2/c1-17-12-19(3)25(20(4)13-17)30(33)27-23(7)16-24(8)28(29(27)32(9,10)11)31(34)26-21(5)14-18(2)15-22(26)6/h12-16H,1-11H3. The molecule has 0 saturated heterocycles. The summed E-state index contributed by atoms with van der Waals surface area (Å²) in [5.74, 6) is 0.00708. The molecule has 0 saturated carbocycles. The topological polar surface area (TPSA) is 34.1 Å². The highest BCUT2D eigenvalue weighted by atomic mass is 16.1. The molecule has 0 atom stereocenters. The van der Waals surface area contributed by atoms with Gasteiger partial charge in [0.1, 0.15) is 0 Å². The molecule has 0 spiro atoms. The van der Waals surface area contributed by atoms with Crippen molar-refractivity contribution in [2.45, 2.75) is 81.6 Å². The van der Waals surface area contributed by atoms with E-state index in [0.717, 1.165) is 61.2 Å². The Labute approximate surface area is 205 Å². The lowest BCUT2D eigenvalue weighted by Gasteiger charge is -2.29. The van der Waals surface area contributed by atoms with Crippen LogP contribution in [-0.4, -0.2) is 11.6 Å². The number of carbonyl (C=O) groups is 2. The van der Waals surface area contributed by atoms with Gasteiger partial charge in [-0.3, -0.25) is 9.59 Å². The first-order valence-corrected chi connectivity index (χ1v) is 12.0.